The van der Waals surface area contributed by atoms with E-state index in [-0.39, 0.29) is 35.3 Å². The summed E-state index contributed by atoms with van der Waals surface area (Å²) in [5.41, 5.74) is 1.86. The molecule has 0 unspecified atom stereocenters. The minimum absolute atomic E-state index is 0.0178. The van der Waals surface area contributed by atoms with Crippen molar-refractivity contribution >= 4 is 11.7 Å². The smallest absolute Gasteiger partial charge is 0.255 e. The zero-order chi connectivity index (χ0) is 25.5. The van der Waals surface area contributed by atoms with Crippen LogP contribution in [0.4, 0.5) is 10.2 Å². The van der Waals surface area contributed by atoms with Crippen LogP contribution >= 0.6 is 0 Å². The van der Waals surface area contributed by atoms with E-state index in [1.54, 1.807) is 16.9 Å². The summed E-state index contributed by atoms with van der Waals surface area (Å²) < 4.78 is 21.9. The van der Waals surface area contributed by atoms with Crippen molar-refractivity contribution < 1.29 is 19.0 Å². The lowest BCUT2D eigenvalue weighted by atomic mass is 10.00. The Balaban J connectivity index is 1.36. The van der Waals surface area contributed by atoms with Crippen LogP contribution in [-0.2, 0) is 11.3 Å². The summed E-state index contributed by atoms with van der Waals surface area (Å²) >= 11 is 0. The van der Waals surface area contributed by atoms with Gasteiger partial charge in [-0.1, -0.05) is 6.07 Å². The van der Waals surface area contributed by atoms with Gasteiger partial charge in [0, 0.05) is 38.4 Å². The minimum atomic E-state index is -0.558. The Morgan fingerprint density at radius 3 is 2.84 bits per heavy atom. The van der Waals surface area contributed by atoms with Crippen LogP contribution in [0.25, 0.3) is 16.9 Å². The van der Waals surface area contributed by atoms with Gasteiger partial charge in [-0.25, -0.2) is 14.1 Å². The third-order valence-corrected chi connectivity index (χ3v) is 7.31. The summed E-state index contributed by atoms with van der Waals surface area (Å²) in [6, 6.07) is 9.80. The second kappa shape index (κ2) is 9.55. The lowest BCUT2D eigenvalue weighted by Gasteiger charge is -2.43. The molecule has 2 fully saturated rings. The number of hydrogen-bond acceptors (Lipinski definition) is 8. The highest BCUT2D eigenvalue weighted by atomic mass is 19.1. The van der Waals surface area contributed by atoms with E-state index in [0.717, 1.165) is 18.9 Å². The standard InChI is InChI=1S/C26H26FN7O3/c27-17-3-1-2-16(13-28)24(17)18-12-20(25-19(30-18)14-29-26(25)36)34-7-5-23(31-34)33-6-4-22(35)21(15-33)32-8-10-37-11-9-32/h1-3,5,7,12,21-22,35H,4,6,8-11,14-15H2,(H,29,36)/t21-,22+/m0/s1. The van der Waals surface area contributed by atoms with Gasteiger partial charge in [-0.2, -0.15) is 10.4 Å². The van der Waals surface area contributed by atoms with Crippen molar-refractivity contribution in [1.82, 2.24) is 25.0 Å². The maximum Gasteiger partial charge on any atom is 0.255 e. The fourth-order valence-corrected chi connectivity index (χ4v) is 5.41. The number of carbonyl (C=O) groups is 1. The first-order chi connectivity index (χ1) is 18.0. The van der Waals surface area contributed by atoms with Crippen molar-refractivity contribution in [2.24, 2.45) is 0 Å². The van der Waals surface area contributed by atoms with Gasteiger partial charge in [0.05, 0.1) is 71.7 Å². The lowest BCUT2D eigenvalue weighted by Crippen LogP contribution is -2.58. The molecule has 190 valence electrons. The summed E-state index contributed by atoms with van der Waals surface area (Å²) in [5, 5.41) is 27.8. The second-order valence-corrected chi connectivity index (χ2v) is 9.44. The van der Waals surface area contributed by atoms with Crippen molar-refractivity contribution in [3.63, 3.8) is 0 Å². The van der Waals surface area contributed by atoms with Crippen LogP contribution in [-0.4, -0.2) is 82.2 Å². The number of ether oxygens (including phenoxy) is 1. The number of morpholine rings is 1. The molecule has 0 spiro atoms. The van der Waals surface area contributed by atoms with E-state index in [9.17, 15) is 19.6 Å². The number of aliphatic hydroxyl groups excluding tert-OH is 1. The van der Waals surface area contributed by atoms with Crippen molar-refractivity contribution in [3.8, 4) is 23.0 Å². The maximum absolute atomic E-state index is 14.8. The van der Waals surface area contributed by atoms with Crippen LogP contribution in [0.1, 0.15) is 28.0 Å². The zero-order valence-corrected chi connectivity index (χ0v) is 20.1. The topological polar surface area (TPSA) is 120 Å². The van der Waals surface area contributed by atoms with Gasteiger partial charge in [-0.05, 0) is 24.6 Å². The number of nitrogens with zero attached hydrogens (tertiary/aromatic N) is 6. The Kier molecular flexibility index (Phi) is 6.08. The number of nitriles is 1. The first-order valence-electron chi connectivity index (χ1n) is 12.4. The average molecular weight is 504 g/mol. The Morgan fingerprint density at radius 1 is 1.19 bits per heavy atom. The van der Waals surface area contributed by atoms with Crippen molar-refractivity contribution in [2.45, 2.75) is 25.1 Å². The molecular weight excluding hydrogens is 477 g/mol. The van der Waals surface area contributed by atoms with Gasteiger partial charge >= 0.3 is 0 Å². The number of nitrogens with one attached hydrogen (secondary N) is 1. The number of pyridine rings is 1. The quantitative estimate of drug-likeness (QED) is 0.549. The Labute approximate surface area is 212 Å². The summed E-state index contributed by atoms with van der Waals surface area (Å²) in [4.78, 5) is 21.6. The molecule has 0 bridgehead atoms. The molecular formula is C26H26FN7O3. The number of fused-ring (bicyclic) bond motifs is 1. The SMILES string of the molecule is N#Cc1cccc(F)c1-c1cc(-n2ccc(N3CC[C@@H](O)[C@@H](N4CCOCC4)C3)n2)c2c(n1)CNC2=O. The van der Waals surface area contributed by atoms with Gasteiger partial charge < -0.3 is 20.1 Å². The monoisotopic (exact) mass is 503 g/mol. The minimum Gasteiger partial charge on any atom is -0.391 e. The Hall–Kier alpha value is -3.85. The first-order valence-corrected chi connectivity index (χ1v) is 12.4. The van der Waals surface area contributed by atoms with E-state index >= 15 is 0 Å². The molecule has 0 aliphatic carbocycles. The number of carbonyl (C=O) groups excluding carboxylic acids is 1. The molecule has 5 heterocycles. The zero-order valence-electron chi connectivity index (χ0n) is 20.1. The number of aliphatic hydroxyl groups is 1. The summed E-state index contributed by atoms with van der Waals surface area (Å²) in [5.74, 6) is -0.111. The normalized spacial score (nSPS) is 22.0. The third-order valence-electron chi connectivity index (χ3n) is 7.31. The van der Waals surface area contributed by atoms with Gasteiger partial charge in [0.2, 0.25) is 0 Å². The molecule has 6 rings (SSSR count). The van der Waals surface area contributed by atoms with Crippen LogP contribution in [0, 0.1) is 17.1 Å². The van der Waals surface area contributed by atoms with Gasteiger partial charge in [-0.15, -0.1) is 0 Å². The molecule has 11 heteroatoms. The number of hydrogen-bond donors (Lipinski definition) is 2. The highest BCUT2D eigenvalue weighted by molar-refractivity contribution is 6.01. The fourth-order valence-electron chi connectivity index (χ4n) is 5.41. The maximum atomic E-state index is 14.8. The van der Waals surface area contributed by atoms with Gasteiger partial charge in [0.25, 0.3) is 5.91 Å². The Morgan fingerprint density at radius 2 is 2.03 bits per heavy atom. The van der Waals surface area contributed by atoms with E-state index in [4.69, 9.17) is 9.84 Å². The second-order valence-electron chi connectivity index (χ2n) is 9.44. The van der Waals surface area contributed by atoms with Gasteiger partial charge in [0.1, 0.15) is 5.82 Å². The molecule has 0 radical (unpaired) electrons. The number of piperidine rings is 1. The van der Waals surface area contributed by atoms with Crippen LogP contribution in [0.2, 0.25) is 0 Å². The largest absolute Gasteiger partial charge is 0.391 e. The van der Waals surface area contributed by atoms with Crippen molar-refractivity contribution in [2.75, 3.05) is 44.3 Å². The number of halogens is 1. The van der Waals surface area contributed by atoms with Crippen molar-refractivity contribution in [1.29, 1.82) is 5.26 Å². The highest BCUT2D eigenvalue weighted by Gasteiger charge is 2.34. The van der Waals surface area contributed by atoms with Gasteiger partial charge in [-0.3, -0.25) is 9.69 Å². The first kappa shape index (κ1) is 23.5. The number of rotatable bonds is 4. The fraction of sp³-hybridized carbons (Fsp3) is 0.385. The molecule has 1 aromatic carbocycles. The molecule has 2 aromatic heterocycles. The third kappa shape index (κ3) is 4.23. The molecule has 10 nitrogen and oxygen atoms in total. The van der Waals surface area contributed by atoms with E-state index in [2.05, 4.69) is 20.1 Å². The molecule has 1 amide bonds. The number of benzene rings is 1. The van der Waals surface area contributed by atoms with Crippen molar-refractivity contribution in [3.05, 3.63) is 59.2 Å². The van der Waals surface area contributed by atoms with E-state index in [0.29, 0.717) is 49.7 Å². The molecule has 2 saturated heterocycles. The molecule has 37 heavy (non-hydrogen) atoms. The molecule has 0 saturated carbocycles. The predicted octanol–water partition coefficient (Wildman–Crippen LogP) is 1.46. The lowest BCUT2D eigenvalue weighted by molar-refractivity contribution is -0.0267. The summed E-state index contributed by atoms with van der Waals surface area (Å²) in [6.45, 7) is 4.37. The van der Waals surface area contributed by atoms with Gasteiger partial charge in [0.15, 0.2) is 5.82 Å². The number of anilines is 1. The van der Waals surface area contributed by atoms with Crippen LogP contribution < -0.4 is 10.2 Å². The highest BCUT2D eigenvalue weighted by Crippen LogP contribution is 2.32. The predicted molar refractivity (Wildman–Crippen MR) is 132 cm³/mol. The molecule has 3 aliphatic rings. The summed E-state index contributed by atoms with van der Waals surface area (Å²) in [6.07, 6.45) is 1.97. The molecule has 2 N–H and O–H groups in total. The molecule has 2 atom stereocenters. The van der Waals surface area contributed by atoms with E-state index in [1.165, 1.54) is 18.2 Å². The van der Waals surface area contributed by atoms with Crippen LogP contribution in [0.5, 0.6) is 0 Å². The Bertz CT molecular complexity index is 1400. The number of amides is 1. The van der Waals surface area contributed by atoms with Crippen LogP contribution in [0.3, 0.4) is 0 Å². The molecule has 3 aromatic rings. The molecule has 3 aliphatic heterocycles. The van der Waals surface area contributed by atoms with E-state index < -0.39 is 11.9 Å². The number of aromatic nitrogens is 3. The van der Waals surface area contributed by atoms with Crippen LogP contribution in [0.15, 0.2) is 36.5 Å². The average Bonchev–Trinajstić information content (AvgIpc) is 3.56. The van der Waals surface area contributed by atoms with E-state index in [1.807, 2.05) is 12.1 Å². The summed E-state index contributed by atoms with van der Waals surface area (Å²) in [7, 11) is 0.